The summed E-state index contributed by atoms with van der Waals surface area (Å²) in [6.07, 6.45) is 2.43. The molecule has 0 saturated heterocycles. The number of nitrogens with zero attached hydrogens (tertiary/aromatic N) is 1. The van der Waals surface area contributed by atoms with Gasteiger partial charge in [0.05, 0.1) is 0 Å². The lowest BCUT2D eigenvalue weighted by atomic mass is 10.1. The Morgan fingerprint density at radius 3 is 3.10 bits per heavy atom. The summed E-state index contributed by atoms with van der Waals surface area (Å²) >= 11 is 3.46. The number of halogens is 1. The van der Waals surface area contributed by atoms with E-state index < -0.39 is 0 Å². The molecule has 0 saturated carbocycles. The number of hydrogen-bond acceptors (Lipinski definition) is 3. The second kappa shape index (κ2) is 5.40. The van der Waals surface area contributed by atoms with Crippen LogP contribution in [-0.2, 0) is 17.6 Å². The zero-order chi connectivity index (χ0) is 14.1. The van der Waals surface area contributed by atoms with Crippen LogP contribution in [0, 0.1) is 0 Å². The highest BCUT2D eigenvalue weighted by Crippen LogP contribution is 2.35. The molecule has 0 unspecified atom stereocenters. The number of hydrogen-bond donors (Lipinski definition) is 1. The van der Waals surface area contributed by atoms with Gasteiger partial charge in [-0.3, -0.25) is 5.10 Å². The van der Waals surface area contributed by atoms with Gasteiger partial charge in [0.2, 0.25) is 0 Å². The Morgan fingerprint density at radius 1 is 1.50 bits per heavy atom. The first kappa shape index (κ1) is 13.4. The van der Waals surface area contributed by atoms with Crippen LogP contribution in [0.3, 0.4) is 0 Å². The maximum Gasteiger partial charge on any atom is 0.359 e. The first-order valence-electron chi connectivity index (χ1n) is 6.71. The zero-order valence-corrected chi connectivity index (χ0v) is 12.7. The van der Waals surface area contributed by atoms with Crippen molar-refractivity contribution in [1.82, 2.24) is 10.2 Å². The van der Waals surface area contributed by atoms with E-state index in [1.165, 1.54) is 5.56 Å². The highest BCUT2D eigenvalue weighted by atomic mass is 79.9. The topological polar surface area (TPSA) is 55.0 Å². The molecule has 1 heterocycles. The molecule has 0 aliphatic heterocycles. The number of carbonyl (C=O) groups excluding carboxylic acids is 1. The van der Waals surface area contributed by atoms with E-state index in [1.807, 2.05) is 19.1 Å². The van der Waals surface area contributed by atoms with Crippen molar-refractivity contribution >= 4 is 21.9 Å². The van der Waals surface area contributed by atoms with Gasteiger partial charge in [-0.25, -0.2) is 4.79 Å². The Balaban J connectivity index is 1.75. The number of ether oxygens (including phenoxy) is 1. The number of rotatable bonds is 3. The standard InChI is InChI=1S/C15H15BrN2O2/c1-2-11-8-13(18-17-11)15(19)20-14-6-3-9-7-10(16)4-5-12(9)14/h4-5,7-8,14H,2-3,6H2,1H3,(H,17,18)/t14-/m1/s1. The number of aromatic nitrogens is 2. The molecule has 1 aliphatic rings. The molecule has 1 N–H and O–H groups in total. The molecule has 0 bridgehead atoms. The van der Waals surface area contributed by atoms with Crippen molar-refractivity contribution in [2.45, 2.75) is 32.3 Å². The molecule has 3 rings (SSSR count). The Morgan fingerprint density at radius 2 is 2.35 bits per heavy atom. The van der Waals surface area contributed by atoms with Crippen LogP contribution in [0.5, 0.6) is 0 Å². The Labute approximate surface area is 125 Å². The van der Waals surface area contributed by atoms with Gasteiger partial charge in [0.1, 0.15) is 6.10 Å². The lowest BCUT2D eigenvalue weighted by Gasteiger charge is -2.12. The number of carbonyl (C=O) groups is 1. The van der Waals surface area contributed by atoms with Crippen molar-refractivity contribution in [2.75, 3.05) is 0 Å². The normalized spacial score (nSPS) is 17.0. The van der Waals surface area contributed by atoms with Gasteiger partial charge in [0.15, 0.2) is 5.69 Å². The van der Waals surface area contributed by atoms with Gasteiger partial charge in [-0.1, -0.05) is 28.9 Å². The fourth-order valence-electron chi connectivity index (χ4n) is 2.51. The van der Waals surface area contributed by atoms with Gasteiger partial charge in [0, 0.05) is 10.2 Å². The third kappa shape index (κ3) is 2.50. The number of esters is 1. The number of aryl methyl sites for hydroxylation is 2. The van der Waals surface area contributed by atoms with Crippen molar-refractivity contribution in [1.29, 1.82) is 0 Å². The Hall–Kier alpha value is -1.62. The SMILES string of the molecule is CCc1cc(C(=O)O[C@@H]2CCc3cc(Br)ccc32)n[nH]1. The zero-order valence-electron chi connectivity index (χ0n) is 11.1. The first-order chi connectivity index (χ1) is 9.67. The third-order valence-corrected chi connectivity index (χ3v) is 4.09. The molecular formula is C15H15BrN2O2. The summed E-state index contributed by atoms with van der Waals surface area (Å²) in [5, 5.41) is 6.82. The summed E-state index contributed by atoms with van der Waals surface area (Å²) < 4.78 is 6.64. The van der Waals surface area contributed by atoms with Crippen LogP contribution in [0.4, 0.5) is 0 Å². The molecule has 2 aromatic rings. The maximum absolute atomic E-state index is 12.1. The molecular weight excluding hydrogens is 320 g/mol. The minimum atomic E-state index is -0.360. The summed E-state index contributed by atoms with van der Waals surface area (Å²) in [5.41, 5.74) is 3.64. The fourth-order valence-corrected chi connectivity index (χ4v) is 2.91. The van der Waals surface area contributed by atoms with Crippen LogP contribution in [-0.4, -0.2) is 16.2 Å². The quantitative estimate of drug-likeness (QED) is 0.873. The number of nitrogens with one attached hydrogen (secondary N) is 1. The molecule has 0 amide bonds. The second-order valence-corrected chi connectivity index (χ2v) is 5.82. The maximum atomic E-state index is 12.1. The van der Waals surface area contributed by atoms with Gasteiger partial charge >= 0.3 is 5.97 Å². The van der Waals surface area contributed by atoms with E-state index in [2.05, 4.69) is 32.2 Å². The molecule has 5 heteroatoms. The predicted molar refractivity (Wildman–Crippen MR) is 78.6 cm³/mol. The van der Waals surface area contributed by atoms with E-state index in [9.17, 15) is 4.79 Å². The van der Waals surface area contributed by atoms with Crippen LogP contribution in [0.15, 0.2) is 28.7 Å². The lowest BCUT2D eigenvalue weighted by Crippen LogP contribution is -2.10. The highest BCUT2D eigenvalue weighted by Gasteiger charge is 2.27. The van der Waals surface area contributed by atoms with E-state index in [1.54, 1.807) is 6.07 Å². The Bertz CT molecular complexity index is 651. The van der Waals surface area contributed by atoms with Gasteiger partial charge in [-0.15, -0.1) is 0 Å². The van der Waals surface area contributed by atoms with Crippen molar-refractivity contribution < 1.29 is 9.53 Å². The summed E-state index contributed by atoms with van der Waals surface area (Å²) in [4.78, 5) is 12.1. The van der Waals surface area contributed by atoms with Gasteiger partial charge in [-0.05, 0) is 48.6 Å². The molecule has 0 radical (unpaired) electrons. The second-order valence-electron chi connectivity index (χ2n) is 4.91. The molecule has 104 valence electrons. The van der Waals surface area contributed by atoms with E-state index in [0.717, 1.165) is 35.0 Å². The number of benzene rings is 1. The average molecular weight is 335 g/mol. The molecule has 1 atom stereocenters. The van der Waals surface area contributed by atoms with Crippen LogP contribution in [0.25, 0.3) is 0 Å². The van der Waals surface area contributed by atoms with Crippen LogP contribution >= 0.6 is 15.9 Å². The Kier molecular flexibility index (Phi) is 3.61. The van der Waals surface area contributed by atoms with Crippen molar-refractivity contribution in [3.8, 4) is 0 Å². The summed E-state index contributed by atoms with van der Waals surface area (Å²) in [5.74, 6) is -0.360. The minimum absolute atomic E-state index is 0.160. The first-order valence-corrected chi connectivity index (χ1v) is 7.50. The molecule has 1 aromatic heterocycles. The fraction of sp³-hybridized carbons (Fsp3) is 0.333. The van der Waals surface area contributed by atoms with Gasteiger partial charge in [-0.2, -0.15) is 5.10 Å². The number of fused-ring (bicyclic) bond motifs is 1. The van der Waals surface area contributed by atoms with Crippen molar-refractivity contribution in [3.05, 3.63) is 51.3 Å². The molecule has 0 spiro atoms. The predicted octanol–water partition coefficient (Wildman–Crippen LogP) is 3.58. The molecule has 4 nitrogen and oxygen atoms in total. The number of H-pyrrole nitrogens is 1. The summed E-state index contributed by atoms with van der Waals surface area (Å²) in [7, 11) is 0. The summed E-state index contributed by atoms with van der Waals surface area (Å²) in [6, 6.07) is 7.84. The van der Waals surface area contributed by atoms with Gasteiger partial charge < -0.3 is 4.74 Å². The van der Waals surface area contributed by atoms with E-state index in [4.69, 9.17) is 4.74 Å². The molecule has 0 fully saturated rings. The van der Waals surface area contributed by atoms with E-state index >= 15 is 0 Å². The minimum Gasteiger partial charge on any atom is -0.453 e. The van der Waals surface area contributed by atoms with E-state index in [-0.39, 0.29) is 12.1 Å². The molecule has 1 aromatic carbocycles. The lowest BCUT2D eigenvalue weighted by molar-refractivity contribution is 0.0294. The molecule has 20 heavy (non-hydrogen) atoms. The highest BCUT2D eigenvalue weighted by molar-refractivity contribution is 9.10. The van der Waals surface area contributed by atoms with Crippen LogP contribution < -0.4 is 0 Å². The smallest absolute Gasteiger partial charge is 0.359 e. The van der Waals surface area contributed by atoms with Crippen molar-refractivity contribution in [3.63, 3.8) is 0 Å². The average Bonchev–Trinajstić information content (AvgIpc) is 3.05. The van der Waals surface area contributed by atoms with Crippen LogP contribution in [0.2, 0.25) is 0 Å². The monoisotopic (exact) mass is 334 g/mol. The summed E-state index contributed by atoms with van der Waals surface area (Å²) in [6.45, 7) is 2.01. The van der Waals surface area contributed by atoms with E-state index in [0.29, 0.717) is 5.69 Å². The largest absolute Gasteiger partial charge is 0.453 e. The van der Waals surface area contributed by atoms with Crippen LogP contribution in [0.1, 0.15) is 46.8 Å². The number of aromatic amines is 1. The third-order valence-electron chi connectivity index (χ3n) is 3.60. The van der Waals surface area contributed by atoms with Gasteiger partial charge in [0.25, 0.3) is 0 Å². The molecule has 1 aliphatic carbocycles. The van der Waals surface area contributed by atoms with Crippen molar-refractivity contribution in [2.24, 2.45) is 0 Å².